The number of carbonyl (C=O) groups is 1. The van der Waals surface area contributed by atoms with Crippen molar-refractivity contribution in [3.05, 3.63) is 54.5 Å². The van der Waals surface area contributed by atoms with Crippen molar-refractivity contribution in [2.75, 3.05) is 7.11 Å². The van der Waals surface area contributed by atoms with E-state index in [-0.39, 0.29) is 22.7 Å². The van der Waals surface area contributed by atoms with Gasteiger partial charge in [0, 0.05) is 17.8 Å². The molecule has 0 atom stereocenters. The van der Waals surface area contributed by atoms with E-state index in [1.807, 2.05) is 0 Å². The van der Waals surface area contributed by atoms with Gasteiger partial charge in [0.1, 0.15) is 11.5 Å². The normalized spacial score (nSPS) is 11.3. The summed E-state index contributed by atoms with van der Waals surface area (Å²) < 4.78 is 48.1. The predicted octanol–water partition coefficient (Wildman–Crippen LogP) is 3.54. The molecular formula is C17H12F3N3O4. The Morgan fingerprint density at radius 2 is 1.93 bits per heavy atom. The number of hydrogen-bond donors (Lipinski definition) is 1. The highest BCUT2D eigenvalue weighted by Crippen LogP contribution is 2.34. The topological polar surface area (TPSA) is 86.5 Å². The van der Waals surface area contributed by atoms with E-state index in [4.69, 9.17) is 4.74 Å². The molecule has 0 saturated heterocycles. The highest BCUT2D eigenvalue weighted by atomic mass is 19.4. The van der Waals surface area contributed by atoms with Crippen LogP contribution in [0.5, 0.6) is 11.5 Å². The van der Waals surface area contributed by atoms with Crippen molar-refractivity contribution in [3.8, 4) is 28.4 Å². The molecule has 140 valence electrons. The molecule has 2 heterocycles. The maximum absolute atomic E-state index is 12.6. The van der Waals surface area contributed by atoms with E-state index in [2.05, 4.69) is 14.8 Å². The minimum Gasteiger partial charge on any atom is -0.497 e. The molecule has 0 fully saturated rings. The second kappa shape index (κ2) is 6.98. The van der Waals surface area contributed by atoms with Crippen LogP contribution in [0.3, 0.4) is 0 Å². The van der Waals surface area contributed by atoms with Crippen LogP contribution in [0.2, 0.25) is 0 Å². The average molecular weight is 379 g/mol. The van der Waals surface area contributed by atoms with Crippen molar-refractivity contribution in [1.82, 2.24) is 14.8 Å². The molecule has 0 amide bonds. The third kappa shape index (κ3) is 4.17. The molecule has 0 aliphatic rings. The maximum atomic E-state index is 12.6. The van der Waals surface area contributed by atoms with Crippen LogP contribution in [0.25, 0.3) is 16.9 Å². The van der Waals surface area contributed by atoms with E-state index in [1.54, 1.807) is 12.1 Å². The SMILES string of the molecule is COc1cc(OC(F)(F)F)cc(-c2cc(C(=O)O)nn2-c2cccnc2)c1. The summed E-state index contributed by atoms with van der Waals surface area (Å²) >= 11 is 0. The molecule has 10 heteroatoms. The van der Waals surface area contributed by atoms with Gasteiger partial charge in [-0.15, -0.1) is 13.2 Å². The zero-order valence-electron chi connectivity index (χ0n) is 13.8. The van der Waals surface area contributed by atoms with Crippen molar-refractivity contribution < 1.29 is 32.5 Å². The second-order valence-electron chi connectivity index (χ2n) is 5.29. The first-order valence-electron chi connectivity index (χ1n) is 7.46. The minimum atomic E-state index is -4.89. The number of halogens is 3. The van der Waals surface area contributed by atoms with E-state index >= 15 is 0 Å². The molecule has 0 unspecified atom stereocenters. The third-order valence-electron chi connectivity index (χ3n) is 3.46. The molecule has 1 N–H and O–H groups in total. The zero-order valence-corrected chi connectivity index (χ0v) is 13.8. The molecule has 3 rings (SSSR count). The second-order valence-corrected chi connectivity index (χ2v) is 5.29. The van der Waals surface area contributed by atoms with Gasteiger partial charge < -0.3 is 14.6 Å². The summed E-state index contributed by atoms with van der Waals surface area (Å²) in [6.07, 6.45) is -1.93. The van der Waals surface area contributed by atoms with Crippen LogP contribution in [-0.2, 0) is 0 Å². The van der Waals surface area contributed by atoms with Gasteiger partial charge in [-0.1, -0.05) is 0 Å². The Labute approximate surface area is 150 Å². The number of carboxylic acids is 1. The lowest BCUT2D eigenvalue weighted by Gasteiger charge is -2.13. The van der Waals surface area contributed by atoms with E-state index in [0.717, 1.165) is 12.1 Å². The third-order valence-corrected chi connectivity index (χ3v) is 3.46. The largest absolute Gasteiger partial charge is 0.573 e. The molecule has 3 aromatic rings. The maximum Gasteiger partial charge on any atom is 0.573 e. The van der Waals surface area contributed by atoms with Crippen LogP contribution in [0.15, 0.2) is 48.8 Å². The summed E-state index contributed by atoms with van der Waals surface area (Å²) in [5.74, 6) is -1.69. The molecular weight excluding hydrogens is 367 g/mol. The average Bonchev–Trinajstić information content (AvgIpc) is 3.06. The molecule has 7 nitrogen and oxygen atoms in total. The van der Waals surface area contributed by atoms with Crippen molar-refractivity contribution in [2.45, 2.75) is 6.36 Å². The predicted molar refractivity (Wildman–Crippen MR) is 87.0 cm³/mol. The fourth-order valence-electron chi connectivity index (χ4n) is 2.40. The number of nitrogens with zero attached hydrogens (tertiary/aromatic N) is 3. The molecule has 0 aliphatic heterocycles. The van der Waals surface area contributed by atoms with Crippen LogP contribution in [-0.4, -0.2) is 39.3 Å². The fraction of sp³-hybridized carbons (Fsp3) is 0.118. The lowest BCUT2D eigenvalue weighted by Crippen LogP contribution is -2.17. The molecule has 0 saturated carbocycles. The fourth-order valence-corrected chi connectivity index (χ4v) is 2.40. The molecule has 27 heavy (non-hydrogen) atoms. The zero-order chi connectivity index (χ0) is 19.6. The number of ether oxygens (including phenoxy) is 2. The molecule has 0 spiro atoms. The molecule has 0 radical (unpaired) electrons. The number of aromatic nitrogens is 3. The van der Waals surface area contributed by atoms with E-state index in [9.17, 15) is 23.1 Å². The lowest BCUT2D eigenvalue weighted by molar-refractivity contribution is -0.274. The van der Waals surface area contributed by atoms with Gasteiger partial charge in [-0.25, -0.2) is 9.48 Å². The highest BCUT2D eigenvalue weighted by molar-refractivity contribution is 5.87. The summed E-state index contributed by atoms with van der Waals surface area (Å²) in [4.78, 5) is 15.3. The van der Waals surface area contributed by atoms with Gasteiger partial charge in [-0.2, -0.15) is 5.10 Å². The van der Waals surface area contributed by atoms with Gasteiger partial charge in [0.15, 0.2) is 5.69 Å². The minimum absolute atomic E-state index is 0.0996. The van der Waals surface area contributed by atoms with Crippen molar-refractivity contribution in [3.63, 3.8) is 0 Å². The first-order chi connectivity index (χ1) is 12.8. The van der Waals surface area contributed by atoms with Crippen LogP contribution >= 0.6 is 0 Å². The highest BCUT2D eigenvalue weighted by Gasteiger charge is 2.31. The number of rotatable bonds is 5. The summed E-state index contributed by atoms with van der Waals surface area (Å²) in [5, 5.41) is 13.2. The Morgan fingerprint density at radius 1 is 1.19 bits per heavy atom. The Bertz CT molecular complexity index is 971. The van der Waals surface area contributed by atoms with Gasteiger partial charge in [-0.3, -0.25) is 4.98 Å². The van der Waals surface area contributed by atoms with Gasteiger partial charge >= 0.3 is 12.3 Å². The van der Waals surface area contributed by atoms with Gasteiger partial charge in [-0.05, 0) is 30.3 Å². The number of alkyl halides is 3. The number of pyridine rings is 1. The molecule has 2 aromatic heterocycles. The number of aromatic carboxylic acids is 1. The van der Waals surface area contributed by atoms with E-state index in [0.29, 0.717) is 5.69 Å². The Morgan fingerprint density at radius 3 is 2.52 bits per heavy atom. The van der Waals surface area contributed by atoms with Crippen LogP contribution < -0.4 is 9.47 Å². The monoisotopic (exact) mass is 379 g/mol. The molecule has 1 aromatic carbocycles. The Hall–Kier alpha value is -3.56. The number of hydrogen-bond acceptors (Lipinski definition) is 5. The van der Waals surface area contributed by atoms with Gasteiger partial charge in [0.05, 0.1) is 24.7 Å². The van der Waals surface area contributed by atoms with Crippen LogP contribution in [0, 0.1) is 0 Å². The van der Waals surface area contributed by atoms with Gasteiger partial charge in [0.2, 0.25) is 0 Å². The Kier molecular flexibility index (Phi) is 4.72. The number of carboxylic acid groups (broad SMARTS) is 1. The van der Waals surface area contributed by atoms with Crippen molar-refractivity contribution in [2.24, 2.45) is 0 Å². The number of benzene rings is 1. The smallest absolute Gasteiger partial charge is 0.497 e. The first-order valence-corrected chi connectivity index (χ1v) is 7.46. The van der Waals surface area contributed by atoms with Crippen LogP contribution in [0.1, 0.15) is 10.5 Å². The van der Waals surface area contributed by atoms with E-state index < -0.39 is 18.1 Å². The Balaban J connectivity index is 2.18. The van der Waals surface area contributed by atoms with Crippen molar-refractivity contribution >= 4 is 5.97 Å². The first kappa shape index (κ1) is 18.2. The summed E-state index contributed by atoms with van der Waals surface area (Å²) in [7, 11) is 1.29. The summed E-state index contributed by atoms with van der Waals surface area (Å²) in [5.41, 5.74) is 0.597. The van der Waals surface area contributed by atoms with Crippen LogP contribution in [0.4, 0.5) is 13.2 Å². The lowest BCUT2D eigenvalue weighted by atomic mass is 10.1. The quantitative estimate of drug-likeness (QED) is 0.730. The number of methoxy groups -OCH3 is 1. The molecule has 0 aliphatic carbocycles. The molecule has 0 bridgehead atoms. The van der Waals surface area contributed by atoms with Crippen molar-refractivity contribution in [1.29, 1.82) is 0 Å². The van der Waals surface area contributed by atoms with Gasteiger partial charge in [0.25, 0.3) is 0 Å². The van der Waals surface area contributed by atoms with E-state index in [1.165, 1.54) is 36.3 Å². The summed E-state index contributed by atoms with van der Waals surface area (Å²) in [6, 6.07) is 8.11. The standard InChI is InChI=1S/C17H12F3N3O4/c1-26-12-5-10(6-13(7-12)27-17(18,19)20)15-8-14(16(24)25)22-23(15)11-3-2-4-21-9-11/h2-9H,1H3,(H,24,25). The summed E-state index contributed by atoms with van der Waals surface area (Å²) in [6.45, 7) is 0.